The summed E-state index contributed by atoms with van der Waals surface area (Å²) in [7, 11) is 0. The molecule has 0 atom stereocenters. The number of rotatable bonds is 4. The number of anilines is 1. The lowest BCUT2D eigenvalue weighted by Gasteiger charge is -2.09. The molecular formula is C16H15FN4O2S. The van der Waals surface area contributed by atoms with Crippen molar-refractivity contribution in [1.82, 2.24) is 14.7 Å². The van der Waals surface area contributed by atoms with E-state index in [1.807, 2.05) is 5.38 Å². The molecule has 124 valence electrons. The van der Waals surface area contributed by atoms with Gasteiger partial charge in [-0.2, -0.15) is 0 Å². The number of hydrogen-bond donors (Lipinski definition) is 2. The molecule has 0 saturated heterocycles. The Kier molecular flexibility index (Phi) is 4.30. The van der Waals surface area contributed by atoms with Crippen LogP contribution >= 0.6 is 11.3 Å². The Balaban J connectivity index is 1.64. The van der Waals surface area contributed by atoms with Crippen molar-refractivity contribution in [2.75, 3.05) is 11.9 Å². The number of carbonyl (C=O) groups is 2. The number of hydrogen-bond acceptors (Lipinski definition) is 4. The molecule has 0 bridgehead atoms. The highest BCUT2D eigenvalue weighted by molar-refractivity contribution is 7.15. The van der Waals surface area contributed by atoms with Crippen molar-refractivity contribution in [1.29, 1.82) is 0 Å². The highest BCUT2D eigenvalue weighted by Crippen LogP contribution is 2.17. The summed E-state index contributed by atoms with van der Waals surface area (Å²) in [6, 6.07) is 4.08. The van der Waals surface area contributed by atoms with Gasteiger partial charge in [0.15, 0.2) is 4.96 Å². The summed E-state index contributed by atoms with van der Waals surface area (Å²) in [5.41, 5.74) is 2.14. The molecule has 0 aliphatic heterocycles. The minimum absolute atomic E-state index is 0.188. The minimum atomic E-state index is -0.387. The van der Waals surface area contributed by atoms with E-state index < -0.39 is 0 Å². The first-order valence-corrected chi connectivity index (χ1v) is 8.10. The van der Waals surface area contributed by atoms with Crippen LogP contribution in [0.15, 0.2) is 29.8 Å². The van der Waals surface area contributed by atoms with Gasteiger partial charge in [-0.15, -0.1) is 11.3 Å². The van der Waals surface area contributed by atoms with Crippen LogP contribution in [-0.2, 0) is 4.79 Å². The number of amides is 2. The normalized spacial score (nSPS) is 10.8. The van der Waals surface area contributed by atoms with Crippen LogP contribution in [0.5, 0.6) is 0 Å². The van der Waals surface area contributed by atoms with Crippen LogP contribution in [0.1, 0.15) is 21.7 Å². The lowest BCUT2D eigenvalue weighted by atomic mass is 10.2. The van der Waals surface area contributed by atoms with E-state index in [4.69, 9.17) is 0 Å². The Morgan fingerprint density at radius 2 is 2.12 bits per heavy atom. The zero-order valence-corrected chi connectivity index (χ0v) is 13.9. The molecule has 2 aromatic heterocycles. The maximum absolute atomic E-state index is 13.1. The summed E-state index contributed by atoms with van der Waals surface area (Å²) < 4.78 is 14.7. The van der Waals surface area contributed by atoms with Crippen molar-refractivity contribution >= 4 is 33.8 Å². The molecule has 24 heavy (non-hydrogen) atoms. The summed E-state index contributed by atoms with van der Waals surface area (Å²) in [4.78, 5) is 29.3. The van der Waals surface area contributed by atoms with Gasteiger partial charge in [-0.1, -0.05) is 0 Å². The van der Waals surface area contributed by atoms with E-state index in [2.05, 4.69) is 15.6 Å². The van der Waals surface area contributed by atoms with Crippen LogP contribution in [0.25, 0.3) is 4.96 Å². The molecule has 2 amide bonds. The minimum Gasteiger partial charge on any atom is -0.342 e. The van der Waals surface area contributed by atoms with Crippen LogP contribution in [0.2, 0.25) is 0 Å². The molecule has 3 rings (SSSR count). The second-order valence-corrected chi connectivity index (χ2v) is 6.16. The van der Waals surface area contributed by atoms with Gasteiger partial charge in [0.2, 0.25) is 5.91 Å². The fourth-order valence-electron chi connectivity index (χ4n) is 2.37. The molecule has 2 N–H and O–H groups in total. The van der Waals surface area contributed by atoms with Crippen molar-refractivity contribution < 1.29 is 14.0 Å². The van der Waals surface area contributed by atoms with E-state index in [-0.39, 0.29) is 24.2 Å². The molecule has 0 fully saturated rings. The van der Waals surface area contributed by atoms with E-state index in [9.17, 15) is 14.0 Å². The zero-order valence-electron chi connectivity index (χ0n) is 13.1. The van der Waals surface area contributed by atoms with Gasteiger partial charge in [0.1, 0.15) is 11.5 Å². The van der Waals surface area contributed by atoms with Gasteiger partial charge < -0.3 is 10.6 Å². The van der Waals surface area contributed by atoms with Gasteiger partial charge in [-0.05, 0) is 37.6 Å². The fraction of sp³-hybridized carbons (Fsp3) is 0.188. The Bertz CT molecular complexity index is 931. The second kappa shape index (κ2) is 6.40. The number of aryl methyl sites for hydroxylation is 2. The summed E-state index contributed by atoms with van der Waals surface area (Å²) in [5.74, 6) is -1.12. The van der Waals surface area contributed by atoms with E-state index in [0.29, 0.717) is 22.6 Å². The molecular weight excluding hydrogens is 331 g/mol. The quantitative estimate of drug-likeness (QED) is 0.762. The Hall–Kier alpha value is -2.74. The van der Waals surface area contributed by atoms with Gasteiger partial charge in [-0.3, -0.25) is 14.0 Å². The zero-order chi connectivity index (χ0) is 17.3. The Morgan fingerprint density at radius 1 is 1.33 bits per heavy atom. The maximum Gasteiger partial charge on any atom is 0.270 e. The van der Waals surface area contributed by atoms with Crippen LogP contribution in [-0.4, -0.2) is 27.7 Å². The average Bonchev–Trinajstić information content (AvgIpc) is 3.07. The summed E-state index contributed by atoms with van der Waals surface area (Å²) in [6.07, 6.45) is 1.76. The first-order chi connectivity index (χ1) is 11.5. The van der Waals surface area contributed by atoms with Crippen molar-refractivity contribution in [2.45, 2.75) is 13.8 Å². The summed E-state index contributed by atoms with van der Waals surface area (Å²) in [5, 5.41) is 7.06. The first-order valence-electron chi connectivity index (χ1n) is 7.22. The van der Waals surface area contributed by atoms with Crippen LogP contribution < -0.4 is 10.6 Å². The standard InChI is InChI=1S/C16H15FN4O2S/c1-9-7-11(17)3-4-12(9)20-13(22)8-18-15(23)14-10(2)19-16-21(14)5-6-24-16/h3-7H,8H2,1-2H3,(H,18,23)(H,20,22). The monoisotopic (exact) mass is 346 g/mol. The molecule has 6 nitrogen and oxygen atoms in total. The summed E-state index contributed by atoms with van der Waals surface area (Å²) in [6.45, 7) is 3.25. The highest BCUT2D eigenvalue weighted by atomic mass is 32.1. The topological polar surface area (TPSA) is 75.5 Å². The van der Waals surface area contributed by atoms with Crippen LogP contribution in [0.3, 0.4) is 0 Å². The molecule has 0 spiro atoms. The number of imidazole rings is 1. The number of nitrogens with one attached hydrogen (secondary N) is 2. The van der Waals surface area contributed by atoms with Crippen molar-refractivity contribution in [2.24, 2.45) is 0 Å². The third-order valence-corrected chi connectivity index (χ3v) is 4.28. The average molecular weight is 346 g/mol. The lowest BCUT2D eigenvalue weighted by molar-refractivity contribution is -0.115. The van der Waals surface area contributed by atoms with Gasteiger partial charge in [0.05, 0.1) is 12.2 Å². The van der Waals surface area contributed by atoms with Crippen LogP contribution in [0.4, 0.5) is 10.1 Å². The van der Waals surface area contributed by atoms with Gasteiger partial charge in [0, 0.05) is 17.3 Å². The molecule has 0 unspecified atom stereocenters. The van der Waals surface area contributed by atoms with E-state index >= 15 is 0 Å². The number of carbonyl (C=O) groups excluding carboxylic acids is 2. The molecule has 3 aromatic rings. The Morgan fingerprint density at radius 3 is 2.88 bits per heavy atom. The second-order valence-electron chi connectivity index (χ2n) is 5.29. The number of benzene rings is 1. The number of halogens is 1. The van der Waals surface area contributed by atoms with E-state index in [1.165, 1.54) is 29.5 Å². The first kappa shape index (κ1) is 16.1. The number of aromatic nitrogens is 2. The molecule has 1 aromatic carbocycles. The predicted molar refractivity (Wildman–Crippen MR) is 89.9 cm³/mol. The predicted octanol–water partition coefficient (Wildman–Crippen LogP) is 2.52. The summed E-state index contributed by atoms with van der Waals surface area (Å²) >= 11 is 1.43. The third-order valence-electron chi connectivity index (χ3n) is 3.52. The van der Waals surface area contributed by atoms with Crippen molar-refractivity contribution in [3.05, 3.63) is 52.5 Å². The van der Waals surface area contributed by atoms with Crippen molar-refractivity contribution in [3.8, 4) is 0 Å². The molecule has 0 aliphatic carbocycles. The molecule has 0 aliphatic rings. The Labute approximate surface area is 141 Å². The third kappa shape index (κ3) is 3.13. The van der Waals surface area contributed by atoms with Gasteiger partial charge >= 0.3 is 0 Å². The van der Waals surface area contributed by atoms with Gasteiger partial charge in [0.25, 0.3) is 5.91 Å². The largest absolute Gasteiger partial charge is 0.342 e. The molecule has 0 radical (unpaired) electrons. The molecule has 8 heteroatoms. The molecule has 2 heterocycles. The smallest absolute Gasteiger partial charge is 0.270 e. The maximum atomic E-state index is 13.1. The van der Waals surface area contributed by atoms with Crippen molar-refractivity contribution in [3.63, 3.8) is 0 Å². The van der Waals surface area contributed by atoms with Gasteiger partial charge in [-0.25, -0.2) is 9.37 Å². The SMILES string of the molecule is Cc1cc(F)ccc1NC(=O)CNC(=O)c1c(C)nc2sccn12. The number of fused-ring (bicyclic) bond motifs is 1. The van der Waals surface area contributed by atoms with E-state index in [1.54, 1.807) is 24.4 Å². The number of thiazole rings is 1. The highest BCUT2D eigenvalue weighted by Gasteiger charge is 2.18. The molecule has 0 saturated carbocycles. The fourth-order valence-corrected chi connectivity index (χ4v) is 3.13. The lowest BCUT2D eigenvalue weighted by Crippen LogP contribution is -2.33. The van der Waals surface area contributed by atoms with E-state index in [0.717, 1.165) is 4.96 Å². The number of nitrogens with zero attached hydrogens (tertiary/aromatic N) is 2. The van der Waals surface area contributed by atoms with Crippen LogP contribution in [0, 0.1) is 19.7 Å².